The Kier molecular flexibility index (Phi) is 4.66. The third-order valence-corrected chi connectivity index (χ3v) is 4.56. The van der Waals surface area contributed by atoms with Gasteiger partial charge in [0.15, 0.2) is 0 Å². The average Bonchev–Trinajstić information content (AvgIpc) is 2.78. The number of nitrogens with zero attached hydrogens (tertiary/aromatic N) is 1. The van der Waals surface area contributed by atoms with E-state index < -0.39 is 0 Å². The molecule has 2 aliphatic rings. The number of hydrogen-bond acceptors (Lipinski definition) is 2. The molecule has 3 heteroatoms. The van der Waals surface area contributed by atoms with Gasteiger partial charge in [0.2, 0.25) is 5.91 Å². The molecular weight excluding hydrogens is 224 g/mol. The van der Waals surface area contributed by atoms with E-state index in [0.717, 1.165) is 38.8 Å². The predicted octanol–water partition coefficient (Wildman–Crippen LogP) is 2.70. The molecule has 0 unspecified atom stereocenters. The van der Waals surface area contributed by atoms with Crippen molar-refractivity contribution in [2.75, 3.05) is 13.1 Å². The van der Waals surface area contributed by atoms with Gasteiger partial charge in [-0.3, -0.25) is 9.69 Å². The molecule has 18 heavy (non-hydrogen) atoms. The Bertz CT molecular complexity index is 284. The van der Waals surface area contributed by atoms with E-state index >= 15 is 0 Å². The highest BCUT2D eigenvalue weighted by atomic mass is 16.2. The van der Waals surface area contributed by atoms with Gasteiger partial charge in [0.25, 0.3) is 0 Å². The van der Waals surface area contributed by atoms with Crippen molar-refractivity contribution in [3.8, 4) is 0 Å². The lowest BCUT2D eigenvalue weighted by Gasteiger charge is -2.36. The summed E-state index contributed by atoms with van der Waals surface area (Å²) in [6.07, 6.45) is 9.52. The highest BCUT2D eigenvalue weighted by molar-refractivity contribution is 5.82. The van der Waals surface area contributed by atoms with Crippen LogP contribution >= 0.6 is 0 Å². The van der Waals surface area contributed by atoms with Crippen LogP contribution < -0.4 is 5.32 Å². The summed E-state index contributed by atoms with van der Waals surface area (Å²) in [6, 6.07) is 0.142. The van der Waals surface area contributed by atoms with E-state index in [2.05, 4.69) is 24.1 Å². The first-order chi connectivity index (χ1) is 8.64. The van der Waals surface area contributed by atoms with Crippen LogP contribution in [0.2, 0.25) is 0 Å². The first kappa shape index (κ1) is 13.9. The molecule has 0 bridgehead atoms. The lowest BCUT2D eigenvalue weighted by Crippen LogP contribution is -2.53. The Morgan fingerprint density at radius 2 is 2.00 bits per heavy atom. The molecule has 1 saturated carbocycles. The minimum Gasteiger partial charge on any atom is -0.350 e. The van der Waals surface area contributed by atoms with Crippen molar-refractivity contribution in [3.63, 3.8) is 0 Å². The second kappa shape index (κ2) is 6.05. The Labute approximate surface area is 111 Å². The standard InChI is InChI=1S/C15H28N2O/c1-3-11-17-12-7-8-13(17)14(18)16-15(2)9-5-4-6-10-15/h13H,3-12H2,1-2H3,(H,16,18)/t13-/m1/s1. The fraction of sp³-hybridized carbons (Fsp3) is 0.933. The van der Waals surface area contributed by atoms with Gasteiger partial charge in [0.05, 0.1) is 6.04 Å². The van der Waals surface area contributed by atoms with E-state index in [1.165, 1.54) is 25.7 Å². The van der Waals surface area contributed by atoms with Crippen LogP contribution in [0.25, 0.3) is 0 Å². The van der Waals surface area contributed by atoms with Crippen LogP contribution in [0, 0.1) is 0 Å². The Hall–Kier alpha value is -0.570. The van der Waals surface area contributed by atoms with E-state index in [1.54, 1.807) is 0 Å². The lowest BCUT2D eigenvalue weighted by atomic mass is 9.83. The van der Waals surface area contributed by atoms with Crippen LogP contribution in [0.4, 0.5) is 0 Å². The second-order valence-corrected chi connectivity index (χ2v) is 6.30. The number of carbonyl (C=O) groups is 1. The van der Waals surface area contributed by atoms with E-state index in [9.17, 15) is 4.79 Å². The molecule has 1 heterocycles. The Balaban J connectivity index is 1.90. The van der Waals surface area contributed by atoms with Crippen LogP contribution in [0.1, 0.15) is 65.2 Å². The highest BCUT2D eigenvalue weighted by Crippen LogP contribution is 2.28. The van der Waals surface area contributed by atoms with Gasteiger partial charge >= 0.3 is 0 Å². The van der Waals surface area contributed by atoms with Crippen molar-refractivity contribution < 1.29 is 4.79 Å². The van der Waals surface area contributed by atoms with Crippen molar-refractivity contribution in [1.29, 1.82) is 0 Å². The minimum atomic E-state index is 0.0653. The summed E-state index contributed by atoms with van der Waals surface area (Å²) in [5, 5.41) is 3.34. The zero-order valence-corrected chi connectivity index (χ0v) is 12.0. The summed E-state index contributed by atoms with van der Waals surface area (Å²) >= 11 is 0. The molecule has 2 rings (SSSR count). The largest absolute Gasteiger partial charge is 0.350 e. The summed E-state index contributed by atoms with van der Waals surface area (Å²) < 4.78 is 0. The van der Waals surface area contributed by atoms with Gasteiger partial charge in [-0.1, -0.05) is 26.2 Å². The van der Waals surface area contributed by atoms with E-state index in [0.29, 0.717) is 0 Å². The monoisotopic (exact) mass is 252 g/mol. The van der Waals surface area contributed by atoms with Gasteiger partial charge < -0.3 is 5.32 Å². The summed E-state index contributed by atoms with van der Waals surface area (Å²) in [5.74, 6) is 0.283. The molecule has 1 saturated heterocycles. The van der Waals surface area contributed by atoms with Gasteiger partial charge in [-0.25, -0.2) is 0 Å². The number of carbonyl (C=O) groups excluding carboxylic acids is 1. The first-order valence-electron chi connectivity index (χ1n) is 7.71. The van der Waals surface area contributed by atoms with E-state index in [1.807, 2.05) is 0 Å². The first-order valence-corrected chi connectivity index (χ1v) is 7.71. The zero-order chi connectivity index (χ0) is 13.0. The summed E-state index contributed by atoms with van der Waals surface area (Å²) in [7, 11) is 0. The molecule has 0 spiro atoms. The van der Waals surface area contributed by atoms with Crippen LogP contribution in [0.15, 0.2) is 0 Å². The number of likely N-dealkylation sites (tertiary alicyclic amines) is 1. The number of nitrogens with one attached hydrogen (secondary N) is 1. The van der Waals surface area contributed by atoms with Gasteiger partial charge in [-0.05, 0) is 52.1 Å². The molecule has 1 aliphatic carbocycles. The lowest BCUT2D eigenvalue weighted by molar-refractivity contribution is -0.127. The maximum absolute atomic E-state index is 12.5. The van der Waals surface area contributed by atoms with Crippen LogP contribution in [-0.4, -0.2) is 35.5 Å². The topological polar surface area (TPSA) is 32.3 Å². The van der Waals surface area contributed by atoms with Gasteiger partial charge in [0, 0.05) is 5.54 Å². The second-order valence-electron chi connectivity index (χ2n) is 6.30. The van der Waals surface area contributed by atoms with E-state index in [-0.39, 0.29) is 17.5 Å². The summed E-state index contributed by atoms with van der Waals surface area (Å²) in [4.78, 5) is 14.8. The van der Waals surface area contributed by atoms with Crippen LogP contribution in [0.5, 0.6) is 0 Å². The molecule has 0 aromatic carbocycles. The number of amides is 1. The fourth-order valence-corrected chi connectivity index (χ4v) is 3.52. The maximum atomic E-state index is 12.5. The van der Waals surface area contributed by atoms with Crippen molar-refractivity contribution in [2.45, 2.75) is 76.8 Å². The van der Waals surface area contributed by atoms with E-state index in [4.69, 9.17) is 0 Å². The van der Waals surface area contributed by atoms with Crippen molar-refractivity contribution in [1.82, 2.24) is 10.2 Å². The third kappa shape index (κ3) is 3.25. The molecule has 3 nitrogen and oxygen atoms in total. The zero-order valence-electron chi connectivity index (χ0n) is 12.0. The van der Waals surface area contributed by atoms with Crippen LogP contribution in [0.3, 0.4) is 0 Å². The molecule has 0 aromatic rings. The molecule has 1 atom stereocenters. The highest BCUT2D eigenvalue weighted by Gasteiger charge is 2.35. The fourth-order valence-electron chi connectivity index (χ4n) is 3.52. The number of rotatable bonds is 4. The Morgan fingerprint density at radius 3 is 2.67 bits per heavy atom. The molecule has 0 aromatic heterocycles. The smallest absolute Gasteiger partial charge is 0.237 e. The van der Waals surface area contributed by atoms with Crippen LogP contribution in [-0.2, 0) is 4.79 Å². The average molecular weight is 252 g/mol. The summed E-state index contributed by atoms with van der Waals surface area (Å²) in [5.41, 5.74) is 0.0653. The van der Waals surface area contributed by atoms with Gasteiger partial charge in [-0.15, -0.1) is 0 Å². The summed E-state index contributed by atoms with van der Waals surface area (Å²) in [6.45, 7) is 6.58. The number of hydrogen-bond donors (Lipinski definition) is 1. The molecule has 2 fully saturated rings. The van der Waals surface area contributed by atoms with Crippen molar-refractivity contribution in [2.24, 2.45) is 0 Å². The Morgan fingerprint density at radius 1 is 1.28 bits per heavy atom. The third-order valence-electron chi connectivity index (χ3n) is 4.56. The minimum absolute atomic E-state index is 0.0653. The van der Waals surface area contributed by atoms with Gasteiger partial charge in [-0.2, -0.15) is 0 Å². The van der Waals surface area contributed by atoms with Gasteiger partial charge in [0.1, 0.15) is 0 Å². The van der Waals surface area contributed by atoms with Crippen molar-refractivity contribution in [3.05, 3.63) is 0 Å². The SMILES string of the molecule is CCCN1CCC[C@@H]1C(=O)NC1(C)CCCCC1. The molecular formula is C15H28N2O. The normalized spacial score (nSPS) is 28.2. The predicted molar refractivity (Wildman–Crippen MR) is 74.5 cm³/mol. The molecule has 1 N–H and O–H groups in total. The molecule has 104 valence electrons. The molecule has 1 amide bonds. The molecule has 1 aliphatic heterocycles. The molecule has 0 radical (unpaired) electrons. The maximum Gasteiger partial charge on any atom is 0.237 e. The quantitative estimate of drug-likeness (QED) is 0.834. The van der Waals surface area contributed by atoms with Crippen molar-refractivity contribution >= 4 is 5.91 Å².